The van der Waals surface area contributed by atoms with E-state index >= 15 is 0 Å². The van der Waals surface area contributed by atoms with Crippen molar-refractivity contribution in [2.24, 2.45) is 0 Å². The summed E-state index contributed by atoms with van der Waals surface area (Å²) >= 11 is 3.26. The lowest BCUT2D eigenvalue weighted by molar-refractivity contribution is -0.120. The molecular weight excluding hydrogens is 553 g/mol. The van der Waals surface area contributed by atoms with Crippen LogP contribution >= 0.6 is 15.9 Å². The van der Waals surface area contributed by atoms with Crippen LogP contribution in [0.5, 0.6) is 0 Å². The van der Waals surface area contributed by atoms with Gasteiger partial charge in [0.25, 0.3) is 5.91 Å². The second-order valence-electron chi connectivity index (χ2n) is 7.93. The molecule has 3 heterocycles. The average Bonchev–Trinajstić information content (AvgIpc) is 3.32. The second kappa shape index (κ2) is 12.4. The number of nitrogens with zero attached hydrogens (tertiary/aromatic N) is 1. The summed E-state index contributed by atoms with van der Waals surface area (Å²) in [6, 6.07) is 13.8. The predicted octanol–water partition coefficient (Wildman–Crippen LogP) is 5.22. The van der Waals surface area contributed by atoms with Crippen molar-refractivity contribution in [1.29, 1.82) is 0 Å². The monoisotopic (exact) mass is 576 g/mol. The number of hydrogen-bond donors (Lipinski definition) is 4. The van der Waals surface area contributed by atoms with Crippen molar-refractivity contribution >= 4 is 27.7 Å². The van der Waals surface area contributed by atoms with E-state index in [-0.39, 0.29) is 11.8 Å². The Balaban J connectivity index is 0.000000479. The second-order valence-corrected chi connectivity index (χ2v) is 8.58. The number of amides is 2. The number of halogens is 4. The van der Waals surface area contributed by atoms with Crippen LogP contribution in [0.3, 0.4) is 0 Å². The topological polar surface area (TPSA) is 107 Å². The van der Waals surface area contributed by atoms with Gasteiger partial charge in [0.15, 0.2) is 5.76 Å². The van der Waals surface area contributed by atoms with Crippen LogP contribution in [-0.2, 0) is 17.8 Å². The normalized spacial score (nSPS) is 12.8. The van der Waals surface area contributed by atoms with Gasteiger partial charge in [0.1, 0.15) is 0 Å². The Hall–Kier alpha value is -3.86. The van der Waals surface area contributed by atoms with Gasteiger partial charge in [0.05, 0.1) is 11.3 Å². The van der Waals surface area contributed by atoms with E-state index in [0.29, 0.717) is 24.0 Å². The molecule has 0 spiro atoms. The smallest absolute Gasteiger partial charge is 0.448 e. The molecule has 0 aliphatic carbocycles. The lowest BCUT2D eigenvalue weighted by Gasteiger charge is -2.11. The largest absolute Gasteiger partial charge is 0.505 e. The third-order valence-electron chi connectivity index (χ3n) is 5.25. The van der Waals surface area contributed by atoms with Crippen molar-refractivity contribution in [3.8, 4) is 22.5 Å². The molecule has 0 unspecified atom stereocenters. The number of allylic oxidation sites excluding steroid dienone is 2. The Labute approximate surface area is 219 Å². The minimum absolute atomic E-state index is 0.0336. The predicted molar refractivity (Wildman–Crippen MR) is 138 cm³/mol. The Bertz CT molecular complexity index is 1320. The Morgan fingerprint density at radius 3 is 2.65 bits per heavy atom. The van der Waals surface area contributed by atoms with Crippen LogP contribution in [0.1, 0.15) is 21.6 Å². The molecule has 3 aromatic rings. The molecule has 4 rings (SSSR count). The number of carbonyl (C=O) groups is 2. The van der Waals surface area contributed by atoms with Gasteiger partial charge in [0, 0.05) is 53.6 Å². The highest BCUT2D eigenvalue weighted by atomic mass is 79.9. The highest BCUT2D eigenvalue weighted by Crippen LogP contribution is 2.27. The Kier molecular flexibility index (Phi) is 9.29. The maximum Gasteiger partial charge on any atom is 0.448 e. The van der Waals surface area contributed by atoms with Crippen LogP contribution in [-0.4, -0.2) is 44.9 Å². The third kappa shape index (κ3) is 7.81. The van der Waals surface area contributed by atoms with E-state index in [1.165, 1.54) is 6.08 Å². The Morgan fingerprint density at radius 2 is 1.97 bits per heavy atom. The number of alkyl halides is 4. The molecule has 0 saturated carbocycles. The van der Waals surface area contributed by atoms with Crippen molar-refractivity contribution in [2.75, 3.05) is 11.9 Å². The molecule has 0 bridgehead atoms. The number of pyridine rings is 1. The Morgan fingerprint density at radius 1 is 1.22 bits per heavy atom. The number of aliphatic hydroxyl groups is 1. The van der Waals surface area contributed by atoms with Gasteiger partial charge >= 0.3 is 6.18 Å². The van der Waals surface area contributed by atoms with Crippen LogP contribution in [0, 0.1) is 0 Å². The first kappa shape index (κ1) is 27.7. The molecule has 1 aromatic carbocycles. The fourth-order valence-corrected chi connectivity index (χ4v) is 3.63. The lowest BCUT2D eigenvalue weighted by Crippen LogP contribution is -2.31. The van der Waals surface area contributed by atoms with Crippen molar-refractivity contribution < 1.29 is 27.9 Å². The van der Waals surface area contributed by atoms with E-state index in [1.54, 1.807) is 12.3 Å². The number of aliphatic hydroxyl groups excluding tert-OH is 1. The quantitative estimate of drug-likeness (QED) is 0.183. The van der Waals surface area contributed by atoms with Crippen LogP contribution in [0.25, 0.3) is 22.5 Å². The highest BCUT2D eigenvalue weighted by molar-refractivity contribution is 9.09. The number of H-pyrrole nitrogens is 1. The number of nitrogens with one attached hydrogen (secondary N) is 3. The fraction of sp³-hybridized carbons (Fsp3) is 0.192. The molecular formula is C26H24BrF3N4O3. The molecule has 37 heavy (non-hydrogen) atoms. The van der Waals surface area contributed by atoms with Crippen LogP contribution in [0.15, 0.2) is 73.2 Å². The maximum absolute atomic E-state index is 12.0. The molecule has 11 heteroatoms. The third-order valence-corrected chi connectivity index (χ3v) is 5.62. The molecule has 2 aromatic heterocycles. The van der Waals surface area contributed by atoms with Crippen molar-refractivity contribution in [3.05, 3.63) is 90.0 Å². The molecule has 1 aliphatic rings. The van der Waals surface area contributed by atoms with Gasteiger partial charge in [0.2, 0.25) is 5.91 Å². The maximum atomic E-state index is 12.0. The first-order chi connectivity index (χ1) is 17.6. The molecule has 0 saturated heterocycles. The van der Waals surface area contributed by atoms with E-state index < -0.39 is 11.9 Å². The number of rotatable bonds is 6. The van der Waals surface area contributed by atoms with E-state index in [9.17, 15) is 22.8 Å². The number of fused-ring (bicyclic) bond motifs is 1. The summed E-state index contributed by atoms with van der Waals surface area (Å²) in [6.45, 7) is 3.35. The summed E-state index contributed by atoms with van der Waals surface area (Å²) < 4.78 is 32.5. The SMILES string of the molecule is C=C(O)C(F)(F)F.O=C(/C=C/CBr)NCc1cccc(-c2cc(-c3cc4c([nH]3)CCNC4=O)ccn2)c1. The molecule has 0 radical (unpaired) electrons. The molecule has 4 N–H and O–H groups in total. The van der Waals surface area contributed by atoms with Gasteiger partial charge in [-0.05, 0) is 35.9 Å². The number of aromatic amines is 1. The van der Waals surface area contributed by atoms with Crippen LogP contribution in [0.4, 0.5) is 13.2 Å². The summed E-state index contributed by atoms with van der Waals surface area (Å²) in [5.41, 5.74) is 6.35. The zero-order valence-corrected chi connectivity index (χ0v) is 21.1. The van der Waals surface area contributed by atoms with Gasteiger partial charge in [-0.2, -0.15) is 13.2 Å². The highest BCUT2D eigenvalue weighted by Gasteiger charge is 2.31. The summed E-state index contributed by atoms with van der Waals surface area (Å²) in [5, 5.41) is 14.0. The summed E-state index contributed by atoms with van der Waals surface area (Å²) in [7, 11) is 0. The van der Waals surface area contributed by atoms with E-state index in [0.717, 1.165) is 40.2 Å². The van der Waals surface area contributed by atoms with Gasteiger partial charge in [-0.3, -0.25) is 14.6 Å². The van der Waals surface area contributed by atoms with E-state index in [4.69, 9.17) is 5.11 Å². The zero-order chi connectivity index (χ0) is 27.0. The number of benzene rings is 1. The van der Waals surface area contributed by atoms with Crippen molar-refractivity contribution in [3.63, 3.8) is 0 Å². The van der Waals surface area contributed by atoms with E-state index in [2.05, 4.69) is 43.1 Å². The summed E-state index contributed by atoms with van der Waals surface area (Å²) in [4.78, 5) is 31.7. The molecule has 0 fully saturated rings. The van der Waals surface area contributed by atoms with E-state index in [1.807, 2.05) is 42.5 Å². The standard InChI is InChI=1S/C23H21BrN4O2.C3H3F3O/c24-8-2-5-22(29)27-14-15-3-1-4-16(11-15)20-12-17(6-9-25-20)21-13-18-19(28-21)7-10-26-23(18)30;1-2(7)3(4,5)6/h1-6,9,11-13,28H,7-8,10,14H2,(H,26,30)(H,27,29);7H,1H2/b5-2+;. The molecule has 0 atom stereocenters. The summed E-state index contributed by atoms with van der Waals surface area (Å²) in [5.74, 6) is -1.92. The van der Waals surface area contributed by atoms with Crippen LogP contribution < -0.4 is 10.6 Å². The number of carbonyl (C=O) groups excluding carboxylic acids is 2. The molecule has 2 amide bonds. The van der Waals surface area contributed by atoms with Crippen molar-refractivity contribution in [2.45, 2.75) is 19.1 Å². The van der Waals surface area contributed by atoms with Gasteiger partial charge < -0.3 is 20.7 Å². The summed E-state index contributed by atoms with van der Waals surface area (Å²) in [6.07, 6.45) is 1.20. The molecule has 7 nitrogen and oxygen atoms in total. The lowest BCUT2D eigenvalue weighted by atomic mass is 10.0. The average molecular weight is 577 g/mol. The number of hydrogen-bond acceptors (Lipinski definition) is 4. The fourth-order valence-electron chi connectivity index (χ4n) is 3.45. The minimum Gasteiger partial charge on any atom is -0.505 e. The number of aromatic nitrogens is 2. The van der Waals surface area contributed by atoms with Gasteiger partial charge in [-0.15, -0.1) is 0 Å². The molecule has 1 aliphatic heterocycles. The first-order valence-electron chi connectivity index (χ1n) is 11.1. The minimum atomic E-state index is -4.64. The zero-order valence-electron chi connectivity index (χ0n) is 19.5. The van der Waals surface area contributed by atoms with Gasteiger partial charge in [-0.1, -0.05) is 46.8 Å². The van der Waals surface area contributed by atoms with Crippen molar-refractivity contribution in [1.82, 2.24) is 20.6 Å². The first-order valence-corrected chi connectivity index (χ1v) is 12.2. The van der Waals surface area contributed by atoms with Gasteiger partial charge in [-0.25, -0.2) is 0 Å². The van der Waals surface area contributed by atoms with Crippen LogP contribution in [0.2, 0.25) is 0 Å². The molecule has 194 valence electrons.